The van der Waals surface area contributed by atoms with E-state index in [0.717, 1.165) is 16.9 Å². The Hall–Kier alpha value is -3.55. The maximum absolute atomic E-state index is 13.8. The first kappa shape index (κ1) is 23.6. The van der Waals surface area contributed by atoms with Gasteiger partial charge in [-0.05, 0) is 55.0 Å². The summed E-state index contributed by atoms with van der Waals surface area (Å²) in [5.41, 5.74) is 3.07. The van der Waals surface area contributed by atoms with Crippen molar-refractivity contribution in [2.75, 3.05) is 38.9 Å². The summed E-state index contributed by atoms with van der Waals surface area (Å²) in [6, 6.07) is 21.3. The number of benzene rings is 3. The van der Waals surface area contributed by atoms with E-state index in [-0.39, 0.29) is 17.4 Å². The van der Waals surface area contributed by atoms with Gasteiger partial charge in [-0.15, -0.1) is 0 Å². The molecule has 3 aromatic carbocycles. The molecule has 7 heteroatoms. The summed E-state index contributed by atoms with van der Waals surface area (Å²) in [6.07, 6.45) is 0. The number of rotatable bonds is 9. The van der Waals surface area contributed by atoms with Crippen LogP contribution in [0.15, 0.2) is 77.6 Å². The minimum atomic E-state index is -0.332. The van der Waals surface area contributed by atoms with Crippen LogP contribution in [0, 0.1) is 12.7 Å². The van der Waals surface area contributed by atoms with Gasteiger partial charge in [0.05, 0.1) is 36.8 Å². The number of hydrogen-bond acceptors (Lipinski definition) is 5. The predicted molar refractivity (Wildman–Crippen MR) is 132 cm³/mol. The topological polar surface area (TPSA) is 56.6 Å². The maximum Gasteiger partial charge on any atom is 0.262 e. The summed E-state index contributed by atoms with van der Waals surface area (Å²) in [7, 11) is 3.51. The largest absolute Gasteiger partial charge is 0.382 e. The quantitative estimate of drug-likeness (QED) is 0.333. The number of methoxy groups -OCH3 is 1. The van der Waals surface area contributed by atoms with Crippen molar-refractivity contribution in [1.82, 2.24) is 9.55 Å². The minimum absolute atomic E-state index is 0.138. The van der Waals surface area contributed by atoms with Crippen LogP contribution >= 0.6 is 0 Å². The lowest BCUT2D eigenvalue weighted by Gasteiger charge is -2.24. The van der Waals surface area contributed by atoms with E-state index in [1.807, 2.05) is 67.4 Å². The standard InChI is InChI=1S/C27H28FN3O3/c1-19-29-25-14-13-23(30(2)22-11-9-21(28)10-12-22)17-24(25)27(32)31(19)26(18-34-16-15-33-3)20-7-5-4-6-8-20/h4-14,17,26H,15-16,18H2,1-3H3/t26-/m1/s1. The van der Waals surface area contributed by atoms with Gasteiger partial charge in [-0.2, -0.15) is 0 Å². The number of halogens is 1. The Labute approximate surface area is 198 Å². The molecule has 0 radical (unpaired) electrons. The minimum Gasteiger partial charge on any atom is -0.382 e. The van der Waals surface area contributed by atoms with Crippen molar-refractivity contribution in [1.29, 1.82) is 0 Å². The van der Waals surface area contributed by atoms with Crippen LogP contribution in [0.25, 0.3) is 10.9 Å². The molecular formula is C27H28FN3O3. The molecule has 0 spiro atoms. The Bertz CT molecular complexity index is 1310. The summed E-state index contributed by atoms with van der Waals surface area (Å²) < 4.78 is 26.0. The highest BCUT2D eigenvalue weighted by atomic mass is 19.1. The summed E-state index contributed by atoms with van der Waals surface area (Å²) in [5.74, 6) is 0.319. The lowest BCUT2D eigenvalue weighted by molar-refractivity contribution is 0.0584. The third kappa shape index (κ3) is 5.00. The van der Waals surface area contributed by atoms with E-state index in [4.69, 9.17) is 14.5 Å². The monoisotopic (exact) mass is 461 g/mol. The smallest absolute Gasteiger partial charge is 0.262 e. The van der Waals surface area contributed by atoms with Crippen molar-refractivity contribution < 1.29 is 13.9 Å². The molecule has 0 unspecified atom stereocenters. The molecule has 0 bridgehead atoms. The molecule has 1 atom stereocenters. The van der Waals surface area contributed by atoms with Crippen molar-refractivity contribution in [3.05, 3.63) is 100 Å². The van der Waals surface area contributed by atoms with Crippen molar-refractivity contribution in [2.24, 2.45) is 0 Å². The van der Waals surface area contributed by atoms with Gasteiger partial charge in [0.25, 0.3) is 5.56 Å². The highest BCUT2D eigenvalue weighted by molar-refractivity contribution is 5.83. The van der Waals surface area contributed by atoms with Crippen LogP contribution in [-0.2, 0) is 9.47 Å². The van der Waals surface area contributed by atoms with Crippen molar-refractivity contribution in [3.63, 3.8) is 0 Å². The fourth-order valence-corrected chi connectivity index (χ4v) is 4.02. The highest BCUT2D eigenvalue weighted by Gasteiger charge is 2.20. The van der Waals surface area contributed by atoms with E-state index in [0.29, 0.717) is 36.5 Å². The number of ether oxygens (including phenoxy) is 2. The molecule has 0 fully saturated rings. The Morgan fingerprint density at radius 3 is 2.41 bits per heavy atom. The zero-order chi connectivity index (χ0) is 24.1. The Morgan fingerprint density at radius 2 is 1.71 bits per heavy atom. The lowest BCUT2D eigenvalue weighted by atomic mass is 10.1. The molecule has 6 nitrogen and oxygen atoms in total. The van der Waals surface area contributed by atoms with Gasteiger partial charge in [-0.3, -0.25) is 9.36 Å². The van der Waals surface area contributed by atoms with Crippen LogP contribution < -0.4 is 10.5 Å². The first-order valence-electron chi connectivity index (χ1n) is 11.1. The average molecular weight is 462 g/mol. The second-order valence-electron chi connectivity index (χ2n) is 8.07. The number of aromatic nitrogens is 2. The maximum atomic E-state index is 13.8. The molecule has 0 aliphatic rings. The molecule has 0 saturated carbocycles. The van der Waals surface area contributed by atoms with Gasteiger partial charge in [-0.1, -0.05) is 30.3 Å². The van der Waals surface area contributed by atoms with Gasteiger partial charge < -0.3 is 14.4 Å². The molecule has 1 aromatic heterocycles. The number of hydrogen-bond donors (Lipinski definition) is 0. The first-order valence-corrected chi connectivity index (χ1v) is 11.1. The molecule has 4 rings (SSSR count). The summed E-state index contributed by atoms with van der Waals surface area (Å²) >= 11 is 0. The molecule has 0 N–H and O–H groups in total. The fourth-order valence-electron chi connectivity index (χ4n) is 4.02. The molecule has 0 saturated heterocycles. The molecule has 0 aliphatic carbocycles. The van der Waals surface area contributed by atoms with Gasteiger partial charge >= 0.3 is 0 Å². The second kappa shape index (κ2) is 10.6. The molecule has 176 valence electrons. The van der Waals surface area contributed by atoms with Gasteiger partial charge in [0.2, 0.25) is 0 Å². The van der Waals surface area contributed by atoms with Crippen LogP contribution in [0.3, 0.4) is 0 Å². The predicted octanol–water partition coefficient (Wildman–Crippen LogP) is 4.86. The van der Waals surface area contributed by atoms with Crippen LogP contribution in [-0.4, -0.2) is 43.5 Å². The zero-order valence-corrected chi connectivity index (χ0v) is 19.6. The third-order valence-corrected chi connectivity index (χ3v) is 5.86. The van der Waals surface area contributed by atoms with E-state index in [2.05, 4.69) is 0 Å². The van der Waals surface area contributed by atoms with Gasteiger partial charge in [-0.25, -0.2) is 9.37 Å². The SMILES string of the molecule is COCCOC[C@H](c1ccccc1)n1c(C)nc2ccc(N(C)c3ccc(F)cc3)cc2c1=O. The summed E-state index contributed by atoms with van der Waals surface area (Å²) in [6.45, 7) is 3.06. The fraction of sp³-hybridized carbons (Fsp3) is 0.259. The summed E-state index contributed by atoms with van der Waals surface area (Å²) in [5, 5.41) is 0.509. The van der Waals surface area contributed by atoms with Gasteiger partial charge in [0.1, 0.15) is 11.6 Å². The number of fused-ring (bicyclic) bond motifs is 1. The lowest BCUT2D eigenvalue weighted by Crippen LogP contribution is -2.31. The molecule has 0 amide bonds. The number of nitrogens with zero attached hydrogens (tertiary/aromatic N) is 3. The Balaban J connectivity index is 1.78. The van der Waals surface area contributed by atoms with Gasteiger partial charge in [0, 0.05) is 25.5 Å². The van der Waals surface area contributed by atoms with Crippen molar-refractivity contribution in [3.8, 4) is 0 Å². The van der Waals surface area contributed by atoms with E-state index in [9.17, 15) is 9.18 Å². The van der Waals surface area contributed by atoms with Crippen LogP contribution in [0.2, 0.25) is 0 Å². The van der Waals surface area contributed by atoms with Crippen LogP contribution in [0.4, 0.5) is 15.8 Å². The van der Waals surface area contributed by atoms with Crippen LogP contribution in [0.5, 0.6) is 0 Å². The molecule has 4 aromatic rings. The number of aryl methyl sites for hydroxylation is 1. The molecular weight excluding hydrogens is 433 g/mol. The number of anilines is 2. The third-order valence-electron chi connectivity index (χ3n) is 5.86. The van der Waals surface area contributed by atoms with Crippen molar-refractivity contribution >= 4 is 22.3 Å². The molecule has 34 heavy (non-hydrogen) atoms. The Morgan fingerprint density at radius 1 is 1.00 bits per heavy atom. The zero-order valence-electron chi connectivity index (χ0n) is 19.6. The second-order valence-corrected chi connectivity index (χ2v) is 8.07. The van der Waals surface area contributed by atoms with Crippen molar-refractivity contribution in [2.45, 2.75) is 13.0 Å². The summed E-state index contributed by atoms with van der Waals surface area (Å²) in [4.78, 5) is 20.4. The van der Waals surface area contributed by atoms with E-state index in [1.165, 1.54) is 12.1 Å². The van der Waals surface area contributed by atoms with Gasteiger partial charge in [0.15, 0.2) is 0 Å². The van der Waals surface area contributed by atoms with E-state index in [1.54, 1.807) is 23.8 Å². The molecule has 1 heterocycles. The van der Waals surface area contributed by atoms with E-state index >= 15 is 0 Å². The van der Waals surface area contributed by atoms with Crippen LogP contribution in [0.1, 0.15) is 17.4 Å². The normalized spacial score (nSPS) is 12.1. The Kier molecular flexibility index (Phi) is 7.35. The highest BCUT2D eigenvalue weighted by Crippen LogP contribution is 2.27. The molecule has 0 aliphatic heterocycles. The first-order chi connectivity index (χ1) is 16.5. The average Bonchev–Trinajstić information content (AvgIpc) is 2.86. The van der Waals surface area contributed by atoms with E-state index < -0.39 is 0 Å².